The lowest BCUT2D eigenvalue weighted by Crippen LogP contribution is -2.53. The average Bonchev–Trinajstić information content (AvgIpc) is 3.31. The van der Waals surface area contributed by atoms with Gasteiger partial charge in [-0.1, -0.05) is 103 Å². The molecule has 3 rings (SSSR count). The van der Waals surface area contributed by atoms with Crippen molar-refractivity contribution in [3.05, 3.63) is 47.5 Å². The van der Waals surface area contributed by atoms with Gasteiger partial charge in [0, 0.05) is 69.7 Å². The molecule has 5 atom stereocenters. The fourth-order valence-corrected chi connectivity index (χ4v) is 8.82. The van der Waals surface area contributed by atoms with E-state index in [-0.39, 0.29) is 90.6 Å². The van der Waals surface area contributed by atoms with Crippen molar-refractivity contribution in [3.63, 3.8) is 0 Å². The molecule has 0 aromatic heterocycles. The number of Topliss-reactive ketones (excluding diaryl/α,β-unsaturated/α-hetero) is 4. The van der Waals surface area contributed by atoms with Crippen LogP contribution in [0, 0.1) is 5.92 Å². The number of likely N-dealkylation sites (N-methyl/N-ethyl adjacent to an activating group) is 2. The second-order valence-electron chi connectivity index (χ2n) is 19.1. The Balaban J connectivity index is 1.67. The van der Waals surface area contributed by atoms with Crippen LogP contribution in [-0.4, -0.2) is 111 Å². The van der Waals surface area contributed by atoms with Crippen LogP contribution < -0.4 is 10.6 Å². The van der Waals surface area contributed by atoms with E-state index in [2.05, 4.69) is 17.6 Å². The molecule has 4 bridgehead atoms. The summed E-state index contributed by atoms with van der Waals surface area (Å²) in [4.78, 5) is 109. The second-order valence-corrected chi connectivity index (χ2v) is 19.1. The summed E-state index contributed by atoms with van der Waals surface area (Å²) in [5.74, 6) is -5.03. The molecule has 0 spiro atoms. The minimum Gasteiger partial charge on any atom is -0.507 e. The molecular weight excluding hydrogens is 881 g/mol. The van der Waals surface area contributed by atoms with Crippen molar-refractivity contribution in [3.8, 4) is 22.6 Å². The molecule has 1 aliphatic rings. The van der Waals surface area contributed by atoms with Crippen LogP contribution in [0.2, 0.25) is 0 Å². The highest BCUT2D eigenvalue weighted by Crippen LogP contribution is 2.39. The number of ketones is 4. The summed E-state index contributed by atoms with van der Waals surface area (Å²) in [5, 5.41) is 37.5. The zero-order valence-corrected chi connectivity index (χ0v) is 42.1. The van der Waals surface area contributed by atoms with Crippen molar-refractivity contribution in [2.24, 2.45) is 5.92 Å². The number of carbonyl (C=O) groups excluding carboxylic acids is 8. The molecule has 382 valence electrons. The molecule has 15 heteroatoms. The number of phenolic OH excluding ortho intramolecular Hbond substituents is 2. The summed E-state index contributed by atoms with van der Waals surface area (Å²) in [6.45, 7) is 5.92. The number of nitrogens with one attached hydrogen (secondary N) is 2. The third kappa shape index (κ3) is 19.1. The summed E-state index contributed by atoms with van der Waals surface area (Å²) >= 11 is 0. The van der Waals surface area contributed by atoms with E-state index in [9.17, 15) is 53.7 Å². The first-order valence-electron chi connectivity index (χ1n) is 25.4. The van der Waals surface area contributed by atoms with Gasteiger partial charge in [0.15, 0.2) is 17.3 Å². The molecule has 0 saturated carbocycles. The number of hydrogen-bond acceptors (Lipinski definition) is 11. The van der Waals surface area contributed by atoms with Gasteiger partial charge in [-0.2, -0.15) is 0 Å². The molecule has 0 radical (unpaired) electrons. The number of aryl methyl sites for hydroxylation is 1. The number of phenols is 2. The highest BCUT2D eigenvalue weighted by atomic mass is 16.3. The molecule has 5 N–H and O–H groups in total. The van der Waals surface area contributed by atoms with E-state index in [1.807, 2.05) is 0 Å². The first-order chi connectivity index (χ1) is 32.9. The Labute approximate surface area is 409 Å². The fraction of sp³-hybridized carbons (Fsp3) is 0.630. The summed E-state index contributed by atoms with van der Waals surface area (Å²) in [5.41, 5.74) is 1.48. The number of amides is 4. The van der Waals surface area contributed by atoms with Crippen LogP contribution in [0.1, 0.15) is 180 Å². The van der Waals surface area contributed by atoms with Crippen LogP contribution in [0.5, 0.6) is 11.5 Å². The molecule has 15 nitrogen and oxygen atoms in total. The number of carbonyl (C=O) groups is 8. The third-order valence-electron chi connectivity index (χ3n) is 13.4. The number of fused-ring (bicyclic) bond motifs is 5. The highest BCUT2D eigenvalue weighted by Gasteiger charge is 2.34. The lowest BCUT2D eigenvalue weighted by atomic mass is 9.89. The van der Waals surface area contributed by atoms with Gasteiger partial charge in [0.1, 0.15) is 29.4 Å². The Morgan fingerprint density at radius 2 is 1.33 bits per heavy atom. The number of aliphatic hydroxyl groups is 1. The Kier molecular flexibility index (Phi) is 25.4. The zero-order chi connectivity index (χ0) is 51.0. The first kappa shape index (κ1) is 57.9. The highest BCUT2D eigenvalue weighted by molar-refractivity contribution is 5.97. The molecular formula is C54H80N4O11. The second kappa shape index (κ2) is 30.2. The van der Waals surface area contributed by atoms with Crippen molar-refractivity contribution < 1.29 is 53.7 Å². The number of rotatable bonds is 27. The van der Waals surface area contributed by atoms with Gasteiger partial charge in [-0.15, -0.1) is 0 Å². The van der Waals surface area contributed by atoms with Gasteiger partial charge in [0.2, 0.25) is 23.6 Å². The van der Waals surface area contributed by atoms with Gasteiger partial charge in [0.25, 0.3) is 0 Å². The van der Waals surface area contributed by atoms with Crippen molar-refractivity contribution in [2.45, 2.75) is 193 Å². The molecule has 1 heterocycles. The van der Waals surface area contributed by atoms with E-state index in [1.165, 1.54) is 122 Å². The van der Waals surface area contributed by atoms with E-state index in [4.69, 9.17) is 0 Å². The standard InChI is InChI=1S/C54H80N4O11/c1-7-8-9-10-11-12-13-14-15-16-17-18-19-23-50(66)57(5)44(35-59)54(69)55-38(4)45(61)30-31-51(67)58(6)52-40-26-29-47(63)42(34-40)41-33-39(25-28-46(41)62)21-20-22-43(48(64)27-24-37(3)60)56-53(68)36(2)32-49(52)65/h25-26,28-29,33-34,36,38,43-44,52,59,62-63H,7-24,27,30-32,35H2,1-6H3,(H,55,69)(H,56,68)/t36-,38-,43+,44-,52+/m1/s1. The van der Waals surface area contributed by atoms with E-state index in [0.29, 0.717) is 19.3 Å². The summed E-state index contributed by atoms with van der Waals surface area (Å²) < 4.78 is 0. The normalized spacial score (nSPS) is 17.3. The zero-order valence-electron chi connectivity index (χ0n) is 42.1. The number of aromatic hydroxyl groups is 2. The van der Waals surface area contributed by atoms with Crippen LogP contribution in [0.3, 0.4) is 0 Å². The monoisotopic (exact) mass is 961 g/mol. The minimum atomic E-state index is -1.32. The molecule has 2 aromatic carbocycles. The number of nitrogens with zero attached hydrogens (tertiary/aromatic N) is 2. The van der Waals surface area contributed by atoms with E-state index >= 15 is 0 Å². The Morgan fingerprint density at radius 1 is 0.754 bits per heavy atom. The Morgan fingerprint density at radius 3 is 1.93 bits per heavy atom. The van der Waals surface area contributed by atoms with Crippen molar-refractivity contribution in [1.29, 1.82) is 0 Å². The van der Waals surface area contributed by atoms with Gasteiger partial charge in [-0.3, -0.25) is 33.6 Å². The number of aliphatic hydroxyl groups excluding tert-OH is 1. The molecule has 0 saturated heterocycles. The fourth-order valence-electron chi connectivity index (χ4n) is 8.82. The Bertz CT molecular complexity index is 2050. The molecule has 69 heavy (non-hydrogen) atoms. The largest absolute Gasteiger partial charge is 0.507 e. The van der Waals surface area contributed by atoms with Crippen molar-refractivity contribution >= 4 is 46.8 Å². The topological polar surface area (TPSA) is 228 Å². The van der Waals surface area contributed by atoms with Gasteiger partial charge in [-0.25, -0.2) is 0 Å². The van der Waals surface area contributed by atoms with Crippen LogP contribution in [0.15, 0.2) is 36.4 Å². The third-order valence-corrected chi connectivity index (χ3v) is 13.4. The van der Waals surface area contributed by atoms with Gasteiger partial charge < -0.3 is 40.5 Å². The van der Waals surface area contributed by atoms with E-state index in [1.54, 1.807) is 12.1 Å². The molecule has 0 unspecified atom stereocenters. The summed E-state index contributed by atoms with van der Waals surface area (Å²) in [7, 11) is 2.83. The first-order valence-corrected chi connectivity index (χ1v) is 25.4. The van der Waals surface area contributed by atoms with Crippen LogP contribution in [0.4, 0.5) is 0 Å². The van der Waals surface area contributed by atoms with Crippen LogP contribution in [-0.2, 0) is 44.8 Å². The van der Waals surface area contributed by atoms with E-state index in [0.717, 1.165) is 29.7 Å². The van der Waals surface area contributed by atoms with Crippen molar-refractivity contribution in [1.82, 2.24) is 20.4 Å². The maximum atomic E-state index is 14.3. The summed E-state index contributed by atoms with van der Waals surface area (Å²) in [6.07, 6.45) is 15.5. The molecule has 4 amide bonds. The lowest BCUT2D eigenvalue weighted by Gasteiger charge is -2.29. The molecule has 2 aromatic rings. The maximum Gasteiger partial charge on any atom is 0.245 e. The van der Waals surface area contributed by atoms with Gasteiger partial charge >= 0.3 is 0 Å². The molecule has 0 fully saturated rings. The Hall–Kier alpha value is -5.44. The van der Waals surface area contributed by atoms with E-state index < -0.39 is 66.0 Å². The van der Waals surface area contributed by atoms with Gasteiger partial charge in [-0.05, 0) is 74.9 Å². The predicted molar refractivity (Wildman–Crippen MR) is 265 cm³/mol. The molecule has 1 aliphatic heterocycles. The average molecular weight is 961 g/mol. The van der Waals surface area contributed by atoms with Crippen molar-refractivity contribution in [2.75, 3.05) is 20.7 Å². The smallest absolute Gasteiger partial charge is 0.245 e. The number of hydrogen-bond donors (Lipinski definition) is 5. The number of unbranched alkanes of at least 4 members (excludes halogenated alkanes) is 12. The minimum absolute atomic E-state index is 0.0204. The summed E-state index contributed by atoms with van der Waals surface area (Å²) in [6, 6.07) is 4.64. The quantitative estimate of drug-likeness (QED) is 0.0544. The molecule has 0 aliphatic carbocycles. The lowest BCUT2D eigenvalue weighted by molar-refractivity contribution is -0.142. The van der Waals surface area contributed by atoms with Crippen LogP contribution >= 0.6 is 0 Å². The maximum absolute atomic E-state index is 14.3. The van der Waals surface area contributed by atoms with Gasteiger partial charge in [0.05, 0.1) is 18.7 Å². The SMILES string of the molecule is CCCCCCCCCCCCCCCC(=O)N(C)[C@H](CO)C(=O)N[C@H](C)C(=O)CCC(=O)N(C)[C@@H]1C(=O)C[C@@H](C)C(=O)N[C@H](C(=O)CCC(C)=O)CCCc2ccc(O)c(c2)-c2cc1ccc2O. The predicted octanol–water partition coefficient (Wildman–Crippen LogP) is 7.77. The number of benzene rings is 2. The van der Waals surface area contributed by atoms with Crippen LogP contribution in [0.25, 0.3) is 11.1 Å².